The molecule has 0 spiro atoms. The van der Waals surface area contributed by atoms with Crippen LogP contribution in [0.25, 0.3) is 0 Å². The zero-order valence-corrected chi connectivity index (χ0v) is 13.9. The highest BCUT2D eigenvalue weighted by Gasteiger charge is 2.53. The predicted molar refractivity (Wildman–Crippen MR) is 86.8 cm³/mol. The van der Waals surface area contributed by atoms with Gasteiger partial charge in [-0.3, -0.25) is 0 Å². The molecule has 0 amide bonds. The molecule has 1 fully saturated rings. The molecule has 0 aromatic heterocycles. The first-order chi connectivity index (χ1) is 10.5. The van der Waals surface area contributed by atoms with Gasteiger partial charge in [-0.2, -0.15) is 0 Å². The molecule has 0 unspecified atom stereocenters. The first-order valence-electron chi connectivity index (χ1n) is 8.08. The fraction of sp³-hybridized carbons (Fsp3) is 0.579. The minimum absolute atomic E-state index is 0.0596. The van der Waals surface area contributed by atoms with Gasteiger partial charge in [-0.25, -0.2) is 0 Å². The molecule has 1 aromatic rings. The highest BCUT2D eigenvalue weighted by molar-refractivity contribution is 5.32. The molecule has 120 valence electrons. The largest absolute Gasteiger partial charge is 0.497 e. The summed E-state index contributed by atoms with van der Waals surface area (Å²) in [5.74, 6) is 1.94. The molecule has 22 heavy (non-hydrogen) atoms. The Kier molecular flexibility index (Phi) is 4.04. The number of benzene rings is 1. The summed E-state index contributed by atoms with van der Waals surface area (Å²) in [5.41, 5.74) is 2.42. The van der Waals surface area contributed by atoms with Crippen molar-refractivity contribution >= 4 is 0 Å². The van der Waals surface area contributed by atoms with Crippen molar-refractivity contribution in [2.24, 2.45) is 23.2 Å². The molecule has 1 heterocycles. The van der Waals surface area contributed by atoms with Gasteiger partial charge in [0.2, 0.25) is 0 Å². The van der Waals surface area contributed by atoms with E-state index in [0.29, 0.717) is 24.4 Å². The fourth-order valence-corrected chi connectivity index (χ4v) is 4.38. The smallest absolute Gasteiger partial charge is 0.118 e. The Morgan fingerprint density at radius 3 is 2.55 bits per heavy atom. The molecule has 1 saturated heterocycles. The summed E-state index contributed by atoms with van der Waals surface area (Å²) in [5, 5.41) is 10.0. The summed E-state index contributed by atoms with van der Waals surface area (Å²) in [6.45, 7) is 7.47. The second-order valence-electron chi connectivity index (χ2n) is 6.91. The normalized spacial score (nSPS) is 37.6. The average molecular weight is 302 g/mol. The quantitative estimate of drug-likeness (QED) is 0.867. The lowest BCUT2D eigenvalue weighted by Gasteiger charge is -2.55. The fourth-order valence-electron chi connectivity index (χ4n) is 4.38. The van der Waals surface area contributed by atoms with E-state index in [1.54, 1.807) is 7.11 Å². The number of rotatable bonds is 3. The van der Waals surface area contributed by atoms with Gasteiger partial charge >= 0.3 is 0 Å². The molecule has 3 nitrogen and oxygen atoms in total. The Hall–Kier alpha value is -1.32. The molecular weight excluding hydrogens is 276 g/mol. The standard InChI is InChI=1S/C19H26O3/c1-12-9-13(2)19(10-20)11-22-18(17(12)14(19)3)15-5-7-16(21-4)8-6-15/h5-9,13-14,17-18,20H,10-11H2,1-4H3/t13-,14+,17+,18+,19+/m1/s1. The van der Waals surface area contributed by atoms with Gasteiger partial charge in [-0.1, -0.05) is 37.6 Å². The van der Waals surface area contributed by atoms with Crippen LogP contribution in [0.5, 0.6) is 5.75 Å². The maximum Gasteiger partial charge on any atom is 0.118 e. The third-order valence-corrected chi connectivity index (χ3v) is 5.99. The zero-order chi connectivity index (χ0) is 15.9. The van der Waals surface area contributed by atoms with E-state index in [4.69, 9.17) is 9.47 Å². The van der Waals surface area contributed by atoms with Crippen molar-refractivity contribution < 1.29 is 14.6 Å². The van der Waals surface area contributed by atoms with Crippen molar-refractivity contribution in [1.82, 2.24) is 0 Å². The van der Waals surface area contributed by atoms with Gasteiger partial charge in [0.25, 0.3) is 0 Å². The van der Waals surface area contributed by atoms with Gasteiger partial charge in [-0.05, 0) is 36.5 Å². The third kappa shape index (κ3) is 2.19. The summed E-state index contributed by atoms with van der Waals surface area (Å²) >= 11 is 0. The predicted octanol–water partition coefficient (Wildman–Crippen LogP) is 3.59. The number of aliphatic hydroxyl groups is 1. The van der Waals surface area contributed by atoms with Gasteiger partial charge in [0.1, 0.15) is 5.75 Å². The number of aliphatic hydroxyl groups excluding tert-OH is 1. The molecule has 1 aliphatic heterocycles. The number of fused-ring (bicyclic) bond motifs is 2. The molecule has 5 atom stereocenters. The van der Waals surface area contributed by atoms with Crippen molar-refractivity contribution in [3.63, 3.8) is 0 Å². The molecule has 0 saturated carbocycles. The van der Waals surface area contributed by atoms with Crippen LogP contribution in [0, 0.1) is 23.2 Å². The molecule has 1 aliphatic carbocycles. The van der Waals surface area contributed by atoms with E-state index in [1.807, 2.05) is 12.1 Å². The second-order valence-corrected chi connectivity index (χ2v) is 6.91. The lowest BCUT2D eigenvalue weighted by Crippen LogP contribution is -2.53. The molecule has 3 rings (SSSR count). The van der Waals surface area contributed by atoms with Crippen LogP contribution in [-0.2, 0) is 4.74 Å². The molecule has 2 aliphatic rings. The van der Waals surface area contributed by atoms with Gasteiger partial charge < -0.3 is 14.6 Å². The van der Waals surface area contributed by atoms with E-state index in [-0.39, 0.29) is 18.1 Å². The Morgan fingerprint density at radius 1 is 1.27 bits per heavy atom. The van der Waals surface area contributed by atoms with E-state index in [0.717, 1.165) is 5.75 Å². The van der Waals surface area contributed by atoms with E-state index in [2.05, 4.69) is 39.0 Å². The maximum atomic E-state index is 10.0. The van der Waals surface area contributed by atoms with Gasteiger partial charge in [-0.15, -0.1) is 0 Å². The Balaban J connectivity index is 1.97. The summed E-state index contributed by atoms with van der Waals surface area (Å²) in [4.78, 5) is 0. The van der Waals surface area contributed by atoms with Crippen molar-refractivity contribution in [2.75, 3.05) is 20.3 Å². The Morgan fingerprint density at radius 2 is 1.95 bits per heavy atom. The summed E-state index contributed by atoms with van der Waals surface area (Å²) in [6.07, 6.45) is 2.39. The monoisotopic (exact) mass is 302 g/mol. The SMILES string of the molecule is COc1ccc([C@@H]2OC[C@@]3(CO)[C@H](C)C=C(C)[C@H]2[C@@H]3C)cc1. The highest BCUT2D eigenvalue weighted by atomic mass is 16.5. The Labute approximate surface area is 132 Å². The lowest BCUT2D eigenvalue weighted by atomic mass is 9.56. The van der Waals surface area contributed by atoms with Crippen LogP contribution >= 0.6 is 0 Å². The van der Waals surface area contributed by atoms with Crippen LogP contribution in [0.2, 0.25) is 0 Å². The minimum Gasteiger partial charge on any atom is -0.497 e. The van der Waals surface area contributed by atoms with E-state index in [1.165, 1.54) is 11.1 Å². The van der Waals surface area contributed by atoms with Crippen LogP contribution in [0.15, 0.2) is 35.9 Å². The average Bonchev–Trinajstić information content (AvgIpc) is 2.53. The second kappa shape index (κ2) is 5.71. The summed E-state index contributed by atoms with van der Waals surface area (Å²) in [7, 11) is 1.68. The first kappa shape index (κ1) is 15.6. The molecule has 1 aromatic carbocycles. The number of ether oxygens (including phenoxy) is 2. The first-order valence-corrected chi connectivity index (χ1v) is 8.08. The van der Waals surface area contributed by atoms with Crippen molar-refractivity contribution in [2.45, 2.75) is 26.9 Å². The molecule has 1 N–H and O–H groups in total. The topological polar surface area (TPSA) is 38.7 Å². The van der Waals surface area contributed by atoms with Crippen LogP contribution in [0.4, 0.5) is 0 Å². The number of hydrogen-bond donors (Lipinski definition) is 1. The molecule has 0 radical (unpaired) electrons. The van der Waals surface area contributed by atoms with E-state index >= 15 is 0 Å². The number of methoxy groups -OCH3 is 1. The lowest BCUT2D eigenvalue weighted by molar-refractivity contribution is -0.165. The van der Waals surface area contributed by atoms with Gasteiger partial charge in [0.05, 0.1) is 26.4 Å². The van der Waals surface area contributed by atoms with Crippen molar-refractivity contribution in [1.29, 1.82) is 0 Å². The third-order valence-electron chi connectivity index (χ3n) is 5.99. The van der Waals surface area contributed by atoms with Crippen molar-refractivity contribution in [3.8, 4) is 5.75 Å². The van der Waals surface area contributed by atoms with Crippen molar-refractivity contribution in [3.05, 3.63) is 41.5 Å². The molecule has 3 heteroatoms. The van der Waals surface area contributed by atoms with Crippen LogP contribution in [0.1, 0.15) is 32.4 Å². The molecule has 2 bridgehead atoms. The van der Waals surface area contributed by atoms with Crippen LogP contribution in [0.3, 0.4) is 0 Å². The van der Waals surface area contributed by atoms with Crippen LogP contribution in [-0.4, -0.2) is 25.4 Å². The zero-order valence-electron chi connectivity index (χ0n) is 13.9. The highest BCUT2D eigenvalue weighted by Crippen LogP contribution is 2.55. The van der Waals surface area contributed by atoms with Gasteiger partial charge in [0.15, 0.2) is 0 Å². The summed E-state index contributed by atoms with van der Waals surface area (Å²) < 4.78 is 11.5. The Bertz CT molecular complexity index is 563. The van der Waals surface area contributed by atoms with E-state index < -0.39 is 0 Å². The number of hydrogen-bond acceptors (Lipinski definition) is 3. The number of allylic oxidation sites excluding steroid dienone is 1. The maximum absolute atomic E-state index is 10.0. The molecular formula is C19H26O3. The summed E-state index contributed by atoms with van der Waals surface area (Å²) in [6, 6.07) is 8.16. The van der Waals surface area contributed by atoms with E-state index in [9.17, 15) is 5.11 Å². The van der Waals surface area contributed by atoms with Gasteiger partial charge in [0, 0.05) is 11.3 Å². The van der Waals surface area contributed by atoms with Crippen LogP contribution < -0.4 is 4.74 Å². The minimum atomic E-state index is -0.146.